The van der Waals surface area contributed by atoms with E-state index in [1.54, 1.807) is 37.3 Å². The van der Waals surface area contributed by atoms with Gasteiger partial charge >= 0.3 is 5.97 Å². The van der Waals surface area contributed by atoms with Crippen LogP contribution in [0.3, 0.4) is 0 Å². The standard InChI is InChI=1S/C16H14O4/c1-9-7-10(5-6-12(9)17)11-8-15(19)20-14-4-2-3-13(18)16(11)14/h2-7,11,17-18H,8H2,1H3/t11-/m0/s1. The van der Waals surface area contributed by atoms with E-state index in [9.17, 15) is 15.0 Å². The fraction of sp³-hybridized carbons (Fsp3) is 0.188. The first kappa shape index (κ1) is 12.5. The Labute approximate surface area is 116 Å². The number of esters is 1. The van der Waals surface area contributed by atoms with Gasteiger partial charge in [0.15, 0.2) is 0 Å². The molecular weight excluding hydrogens is 256 g/mol. The number of rotatable bonds is 1. The van der Waals surface area contributed by atoms with Crippen molar-refractivity contribution in [1.82, 2.24) is 0 Å². The van der Waals surface area contributed by atoms with Crippen LogP contribution in [-0.2, 0) is 4.79 Å². The molecule has 4 nitrogen and oxygen atoms in total. The molecule has 0 saturated carbocycles. The summed E-state index contributed by atoms with van der Waals surface area (Å²) in [5.74, 6) is 0.151. The number of phenols is 2. The minimum absolute atomic E-state index is 0.116. The summed E-state index contributed by atoms with van der Waals surface area (Å²) in [7, 11) is 0. The molecule has 2 aromatic rings. The summed E-state index contributed by atoms with van der Waals surface area (Å²) in [6, 6.07) is 10.1. The molecule has 0 saturated heterocycles. The molecule has 1 aliphatic heterocycles. The lowest BCUT2D eigenvalue weighted by Crippen LogP contribution is -2.21. The van der Waals surface area contributed by atoms with Gasteiger partial charge in [0.2, 0.25) is 0 Å². The lowest BCUT2D eigenvalue weighted by atomic mass is 9.85. The Morgan fingerprint density at radius 1 is 1.15 bits per heavy atom. The summed E-state index contributed by atoms with van der Waals surface area (Å²) in [6.07, 6.45) is 0.175. The van der Waals surface area contributed by atoms with E-state index >= 15 is 0 Å². The van der Waals surface area contributed by atoms with Gasteiger partial charge in [-0.05, 0) is 36.2 Å². The van der Waals surface area contributed by atoms with Crippen LogP contribution in [0.4, 0.5) is 0 Å². The SMILES string of the molecule is Cc1cc([C@@H]2CC(=O)Oc3cccc(O)c32)ccc1O. The van der Waals surface area contributed by atoms with Crippen molar-refractivity contribution < 1.29 is 19.7 Å². The van der Waals surface area contributed by atoms with Gasteiger partial charge in [0.25, 0.3) is 0 Å². The van der Waals surface area contributed by atoms with Crippen molar-refractivity contribution in [2.24, 2.45) is 0 Å². The van der Waals surface area contributed by atoms with Crippen molar-refractivity contribution in [1.29, 1.82) is 0 Å². The highest BCUT2D eigenvalue weighted by molar-refractivity contribution is 5.78. The third-order valence-corrected chi connectivity index (χ3v) is 3.61. The number of phenolic OH excluding ortho intramolecular Hbond substituents is 2. The quantitative estimate of drug-likeness (QED) is 0.617. The van der Waals surface area contributed by atoms with Gasteiger partial charge in [-0.15, -0.1) is 0 Å². The Hall–Kier alpha value is -2.49. The molecule has 1 atom stereocenters. The second kappa shape index (κ2) is 4.56. The Morgan fingerprint density at radius 3 is 2.70 bits per heavy atom. The number of hydrogen-bond acceptors (Lipinski definition) is 4. The van der Waals surface area contributed by atoms with Crippen molar-refractivity contribution >= 4 is 5.97 Å². The monoisotopic (exact) mass is 270 g/mol. The van der Waals surface area contributed by atoms with Crippen molar-refractivity contribution in [2.75, 3.05) is 0 Å². The first-order valence-corrected chi connectivity index (χ1v) is 6.38. The molecule has 0 unspecified atom stereocenters. The molecule has 1 heterocycles. The maximum Gasteiger partial charge on any atom is 0.312 e. The zero-order chi connectivity index (χ0) is 14.3. The van der Waals surface area contributed by atoms with Crippen molar-refractivity contribution in [3.8, 4) is 17.2 Å². The van der Waals surface area contributed by atoms with E-state index in [0.717, 1.165) is 11.1 Å². The van der Waals surface area contributed by atoms with Crippen LogP contribution >= 0.6 is 0 Å². The average molecular weight is 270 g/mol. The lowest BCUT2D eigenvalue weighted by molar-refractivity contribution is -0.135. The Balaban J connectivity index is 2.15. The fourth-order valence-corrected chi connectivity index (χ4v) is 2.58. The third kappa shape index (κ3) is 1.99. The fourth-order valence-electron chi connectivity index (χ4n) is 2.58. The summed E-state index contributed by atoms with van der Waals surface area (Å²) in [5, 5.41) is 19.7. The minimum atomic E-state index is -0.321. The summed E-state index contributed by atoms with van der Waals surface area (Å²) in [4.78, 5) is 11.7. The van der Waals surface area contributed by atoms with Gasteiger partial charge in [-0.2, -0.15) is 0 Å². The molecule has 20 heavy (non-hydrogen) atoms. The topological polar surface area (TPSA) is 66.8 Å². The van der Waals surface area contributed by atoms with Crippen LogP contribution in [0.25, 0.3) is 0 Å². The lowest BCUT2D eigenvalue weighted by Gasteiger charge is -2.25. The molecule has 0 radical (unpaired) electrons. The maximum absolute atomic E-state index is 11.7. The number of fused-ring (bicyclic) bond motifs is 1. The maximum atomic E-state index is 11.7. The van der Waals surface area contributed by atoms with Crippen LogP contribution in [0, 0.1) is 6.92 Å². The zero-order valence-corrected chi connectivity index (χ0v) is 11.0. The first-order chi connectivity index (χ1) is 9.56. The molecule has 0 bridgehead atoms. The van der Waals surface area contributed by atoms with Crippen molar-refractivity contribution in [2.45, 2.75) is 19.3 Å². The highest BCUT2D eigenvalue weighted by atomic mass is 16.5. The molecule has 0 aromatic heterocycles. The molecule has 2 N–H and O–H groups in total. The summed E-state index contributed by atoms with van der Waals surface area (Å²) >= 11 is 0. The molecule has 0 fully saturated rings. The third-order valence-electron chi connectivity index (χ3n) is 3.61. The zero-order valence-electron chi connectivity index (χ0n) is 11.0. The molecule has 0 amide bonds. The second-order valence-corrected chi connectivity index (χ2v) is 4.97. The van der Waals surface area contributed by atoms with E-state index in [4.69, 9.17) is 4.74 Å². The van der Waals surface area contributed by atoms with Gasteiger partial charge in [-0.25, -0.2) is 0 Å². The van der Waals surface area contributed by atoms with Crippen molar-refractivity contribution in [3.05, 3.63) is 53.1 Å². The van der Waals surface area contributed by atoms with Gasteiger partial charge in [0, 0.05) is 11.5 Å². The summed E-state index contributed by atoms with van der Waals surface area (Å²) < 4.78 is 5.17. The minimum Gasteiger partial charge on any atom is -0.508 e. The molecule has 1 aliphatic rings. The number of aromatic hydroxyl groups is 2. The van der Waals surface area contributed by atoms with Crippen LogP contribution in [0.1, 0.15) is 29.0 Å². The van der Waals surface area contributed by atoms with E-state index in [1.165, 1.54) is 0 Å². The highest BCUT2D eigenvalue weighted by Crippen LogP contribution is 2.43. The smallest absolute Gasteiger partial charge is 0.312 e. The number of carbonyl (C=O) groups excluding carboxylic acids is 1. The van der Waals surface area contributed by atoms with Crippen LogP contribution in [-0.4, -0.2) is 16.2 Å². The Bertz CT molecular complexity index is 691. The van der Waals surface area contributed by atoms with Gasteiger partial charge in [0.05, 0.1) is 6.42 Å². The van der Waals surface area contributed by atoms with Gasteiger partial charge in [-0.1, -0.05) is 18.2 Å². The van der Waals surface area contributed by atoms with Crippen LogP contribution in [0.2, 0.25) is 0 Å². The van der Waals surface area contributed by atoms with E-state index in [2.05, 4.69) is 0 Å². The number of aryl methyl sites for hydroxylation is 1. The molecular formula is C16H14O4. The van der Waals surface area contributed by atoms with E-state index < -0.39 is 0 Å². The van der Waals surface area contributed by atoms with Gasteiger partial charge in [-0.3, -0.25) is 4.79 Å². The summed E-state index contributed by atoms with van der Waals surface area (Å²) in [5.41, 5.74) is 2.23. The Morgan fingerprint density at radius 2 is 1.95 bits per heavy atom. The summed E-state index contributed by atoms with van der Waals surface area (Å²) in [6.45, 7) is 1.80. The normalized spacial score (nSPS) is 17.4. The molecule has 2 aromatic carbocycles. The molecule has 0 spiro atoms. The number of hydrogen-bond donors (Lipinski definition) is 2. The van der Waals surface area contributed by atoms with Crippen molar-refractivity contribution in [3.63, 3.8) is 0 Å². The van der Waals surface area contributed by atoms with E-state index in [-0.39, 0.29) is 29.8 Å². The van der Waals surface area contributed by atoms with Crippen LogP contribution < -0.4 is 4.74 Å². The molecule has 102 valence electrons. The van der Waals surface area contributed by atoms with Crippen LogP contribution in [0.15, 0.2) is 36.4 Å². The average Bonchev–Trinajstić information content (AvgIpc) is 2.41. The molecule has 0 aliphatic carbocycles. The first-order valence-electron chi connectivity index (χ1n) is 6.38. The van der Waals surface area contributed by atoms with Gasteiger partial charge in [0.1, 0.15) is 17.2 Å². The predicted molar refractivity (Wildman–Crippen MR) is 73.0 cm³/mol. The number of carbonyl (C=O) groups is 1. The largest absolute Gasteiger partial charge is 0.508 e. The Kier molecular flexibility index (Phi) is 2.86. The molecule has 3 rings (SSSR count). The van der Waals surface area contributed by atoms with E-state index in [1.807, 2.05) is 6.07 Å². The van der Waals surface area contributed by atoms with Crippen LogP contribution in [0.5, 0.6) is 17.2 Å². The second-order valence-electron chi connectivity index (χ2n) is 4.97. The molecule has 4 heteroatoms. The van der Waals surface area contributed by atoms with Gasteiger partial charge < -0.3 is 14.9 Å². The number of benzene rings is 2. The predicted octanol–water partition coefficient (Wildman–Crippen LogP) is 2.85. The highest BCUT2D eigenvalue weighted by Gasteiger charge is 2.31. The van der Waals surface area contributed by atoms with E-state index in [0.29, 0.717) is 11.3 Å². The number of ether oxygens (including phenoxy) is 1.